The Morgan fingerprint density at radius 1 is 1.19 bits per heavy atom. The number of carbonyl (C=O) groups excluding carboxylic acids is 1. The number of Topliss-reactive ketones (excluding diaryl/α,β-unsaturated/α-hetero) is 1. The van der Waals surface area contributed by atoms with Gasteiger partial charge in [-0.05, 0) is 0 Å². The van der Waals surface area contributed by atoms with Gasteiger partial charge >= 0.3 is 168 Å². The number of anilines is 1. The molecule has 132 valence electrons. The van der Waals surface area contributed by atoms with Gasteiger partial charge in [0, 0.05) is 0 Å². The number of hydrogen-bond donors (Lipinski definition) is 0. The Morgan fingerprint density at radius 2 is 1.96 bits per heavy atom. The quantitative estimate of drug-likeness (QED) is 0.325. The van der Waals surface area contributed by atoms with E-state index >= 15 is 0 Å². The number of benzene rings is 2. The summed E-state index contributed by atoms with van der Waals surface area (Å²) in [5.74, 6) is 0.278. The topological polar surface area (TPSA) is 63.2 Å². The molecule has 26 heavy (non-hydrogen) atoms. The summed E-state index contributed by atoms with van der Waals surface area (Å²) < 4.78 is 16.1. The normalized spacial score (nSPS) is 15.9. The van der Waals surface area contributed by atoms with Gasteiger partial charge in [0.1, 0.15) is 0 Å². The Labute approximate surface area is 167 Å². The van der Waals surface area contributed by atoms with Crippen molar-refractivity contribution in [1.82, 2.24) is 10.2 Å². The van der Waals surface area contributed by atoms with Crippen LogP contribution in [-0.4, -0.2) is 35.8 Å². The van der Waals surface area contributed by atoms with E-state index in [1.54, 1.807) is 24.3 Å². The molecule has 0 saturated carbocycles. The molecular formula is C17H12ClN3O2S2Se. The summed E-state index contributed by atoms with van der Waals surface area (Å²) >= 11 is 6.23. The monoisotopic (exact) mass is 469 g/mol. The van der Waals surface area contributed by atoms with E-state index in [9.17, 15) is 8.63 Å². The maximum absolute atomic E-state index is 12.7. The second kappa shape index (κ2) is 7.58. The summed E-state index contributed by atoms with van der Waals surface area (Å²) in [6.07, 6.45) is 0. The van der Waals surface area contributed by atoms with Gasteiger partial charge in [-0.2, -0.15) is 0 Å². The van der Waals surface area contributed by atoms with Crippen molar-refractivity contribution in [3.63, 3.8) is 0 Å². The summed E-state index contributed by atoms with van der Waals surface area (Å²) in [6, 6.07) is 14.6. The minimum absolute atomic E-state index is 0.00660. The number of hydrogen-bond acceptors (Lipinski definition) is 6. The molecule has 0 spiro atoms. The number of thioether (sulfide) groups is 1. The molecule has 0 saturated heterocycles. The second-order valence-electron chi connectivity index (χ2n) is 5.46. The third kappa shape index (κ3) is 3.61. The molecule has 5 nitrogen and oxygen atoms in total. The predicted molar refractivity (Wildman–Crippen MR) is 105 cm³/mol. The van der Waals surface area contributed by atoms with Crippen LogP contribution in [0.1, 0.15) is 15.9 Å². The molecule has 0 amide bonds. The molecule has 2 heterocycles. The van der Waals surface area contributed by atoms with Crippen LogP contribution in [0.4, 0.5) is 5.13 Å². The average Bonchev–Trinajstić information content (AvgIpc) is 3.25. The van der Waals surface area contributed by atoms with Crippen molar-refractivity contribution >= 4 is 64.1 Å². The summed E-state index contributed by atoms with van der Waals surface area (Å²) in [4.78, 5) is 12.2. The number of aromatic nitrogens is 2. The number of fused-ring (bicyclic) bond motifs is 1. The fourth-order valence-corrected chi connectivity index (χ4v) is 7.41. The zero-order chi connectivity index (χ0) is 18.1. The molecule has 1 unspecified atom stereocenters. The van der Waals surface area contributed by atoms with Gasteiger partial charge in [0.25, 0.3) is 0 Å². The first-order chi connectivity index (χ1) is 12.6. The Bertz CT molecular complexity index is 994. The number of halogens is 1. The van der Waals surface area contributed by atoms with Gasteiger partial charge in [0.2, 0.25) is 0 Å². The Morgan fingerprint density at radius 3 is 2.73 bits per heavy atom. The maximum atomic E-state index is 12.7. The summed E-state index contributed by atoms with van der Waals surface area (Å²) in [6.45, 7) is 0.591. The van der Waals surface area contributed by atoms with E-state index in [2.05, 4.69) is 10.2 Å². The SMILES string of the molecule is O=C(CSc1nnc(N2Cc3ccccc3[Se]2=O)s1)c1ccc(Cl)cc1. The predicted octanol–water partition coefficient (Wildman–Crippen LogP) is 3.31. The van der Waals surface area contributed by atoms with Crippen LogP contribution in [0.15, 0.2) is 52.9 Å². The molecule has 2 aromatic carbocycles. The van der Waals surface area contributed by atoms with Crippen molar-refractivity contribution in [1.29, 1.82) is 0 Å². The summed E-state index contributed by atoms with van der Waals surface area (Å²) in [5, 5.41) is 9.55. The third-order valence-electron chi connectivity index (χ3n) is 3.78. The summed E-state index contributed by atoms with van der Waals surface area (Å²) in [7, 11) is 0. The van der Waals surface area contributed by atoms with Crippen molar-refractivity contribution in [3.8, 4) is 0 Å². The van der Waals surface area contributed by atoms with Gasteiger partial charge in [-0.1, -0.05) is 0 Å². The van der Waals surface area contributed by atoms with Gasteiger partial charge in [-0.25, -0.2) is 0 Å². The van der Waals surface area contributed by atoms with Gasteiger partial charge in [-0.3, -0.25) is 0 Å². The van der Waals surface area contributed by atoms with Crippen LogP contribution in [-0.2, 0) is 10.4 Å². The molecule has 0 bridgehead atoms. The van der Waals surface area contributed by atoms with Crippen LogP contribution < -0.4 is 8.38 Å². The van der Waals surface area contributed by atoms with Crippen LogP contribution >= 0.6 is 34.7 Å². The molecule has 0 aliphatic carbocycles. The van der Waals surface area contributed by atoms with E-state index in [1.165, 1.54) is 23.1 Å². The van der Waals surface area contributed by atoms with E-state index < -0.39 is 14.1 Å². The molecule has 4 rings (SSSR count). The van der Waals surface area contributed by atoms with Gasteiger partial charge in [0.15, 0.2) is 0 Å². The Kier molecular flexibility index (Phi) is 5.20. The molecule has 9 heteroatoms. The molecule has 1 atom stereocenters. The standard InChI is InChI=1S/C17H12ClN3O2S2Se/c18-13-7-5-11(6-8-13)14(22)10-24-17-20-19-16(25-17)21-9-12-3-1-2-4-15(12)26(21)23/h1-8H,9-10H2. The first-order valence-electron chi connectivity index (χ1n) is 7.64. The number of nitrogens with zero attached hydrogens (tertiary/aromatic N) is 3. The molecule has 0 radical (unpaired) electrons. The van der Waals surface area contributed by atoms with Gasteiger partial charge in [0.05, 0.1) is 0 Å². The van der Waals surface area contributed by atoms with E-state index in [4.69, 9.17) is 11.6 Å². The van der Waals surface area contributed by atoms with E-state index in [1.807, 2.05) is 28.2 Å². The summed E-state index contributed by atoms with van der Waals surface area (Å²) in [5.41, 5.74) is 1.70. The Balaban J connectivity index is 1.42. The van der Waals surface area contributed by atoms with Crippen molar-refractivity contribution < 1.29 is 8.63 Å². The molecule has 1 aromatic heterocycles. The Hall–Kier alpha value is -1.57. The number of carbonyl (C=O) groups is 1. The minimum atomic E-state index is -2.32. The number of rotatable bonds is 5. The van der Waals surface area contributed by atoms with Crippen LogP contribution in [0, 0.1) is 0 Å². The molecule has 1 aliphatic heterocycles. The first kappa shape index (κ1) is 17.8. The zero-order valence-electron chi connectivity index (χ0n) is 13.3. The third-order valence-corrected chi connectivity index (χ3v) is 9.47. The molecule has 1 aliphatic rings. The van der Waals surface area contributed by atoms with Crippen LogP contribution in [0.3, 0.4) is 0 Å². The molecule has 0 fully saturated rings. The van der Waals surface area contributed by atoms with Crippen LogP contribution in [0.2, 0.25) is 5.02 Å². The molecule has 0 N–H and O–H groups in total. The van der Waals surface area contributed by atoms with Crippen molar-refractivity contribution in [3.05, 3.63) is 64.7 Å². The number of ketones is 1. The fourth-order valence-electron chi connectivity index (χ4n) is 2.48. The fraction of sp³-hybridized carbons (Fsp3) is 0.118. The zero-order valence-corrected chi connectivity index (χ0v) is 17.4. The van der Waals surface area contributed by atoms with Crippen LogP contribution in [0.25, 0.3) is 0 Å². The molecular weight excluding hydrogens is 457 g/mol. The second-order valence-corrected chi connectivity index (χ2v) is 11.0. The van der Waals surface area contributed by atoms with E-state index in [0.717, 1.165) is 10.0 Å². The van der Waals surface area contributed by atoms with Crippen molar-refractivity contribution in [2.45, 2.75) is 10.9 Å². The average molecular weight is 469 g/mol. The van der Waals surface area contributed by atoms with Gasteiger partial charge in [-0.15, -0.1) is 0 Å². The van der Waals surface area contributed by atoms with Crippen molar-refractivity contribution in [2.24, 2.45) is 0 Å². The van der Waals surface area contributed by atoms with Crippen molar-refractivity contribution in [2.75, 3.05) is 9.67 Å². The van der Waals surface area contributed by atoms with E-state index in [0.29, 0.717) is 26.6 Å². The van der Waals surface area contributed by atoms with E-state index in [-0.39, 0.29) is 11.5 Å². The van der Waals surface area contributed by atoms with Gasteiger partial charge < -0.3 is 0 Å². The molecule has 3 aromatic rings. The first-order valence-corrected chi connectivity index (χ1v) is 12.1. The van der Waals surface area contributed by atoms with Crippen LogP contribution in [0.5, 0.6) is 0 Å².